The summed E-state index contributed by atoms with van der Waals surface area (Å²) in [5.74, 6) is -0.191. The summed E-state index contributed by atoms with van der Waals surface area (Å²) in [7, 11) is 1.91. The largest absolute Gasteiger partial charge is 0.340 e. The number of nitrogens with one attached hydrogen (secondary N) is 1. The lowest BCUT2D eigenvalue weighted by molar-refractivity contribution is 0.208. The van der Waals surface area contributed by atoms with Crippen LogP contribution in [-0.2, 0) is 13.5 Å². The number of amides is 2. The zero-order chi connectivity index (χ0) is 17.1. The van der Waals surface area contributed by atoms with Gasteiger partial charge in [0, 0.05) is 44.8 Å². The van der Waals surface area contributed by atoms with Crippen LogP contribution in [0.4, 0.5) is 9.18 Å². The van der Waals surface area contributed by atoms with Crippen LogP contribution in [0.3, 0.4) is 0 Å². The normalized spacial score (nSPS) is 20.4. The third-order valence-electron chi connectivity index (χ3n) is 4.36. The molecule has 1 aliphatic rings. The van der Waals surface area contributed by atoms with E-state index in [0.29, 0.717) is 26.1 Å². The Balaban J connectivity index is 1.49. The van der Waals surface area contributed by atoms with Crippen LogP contribution in [0.1, 0.15) is 17.2 Å². The zero-order valence-electron chi connectivity index (χ0n) is 13.7. The number of rotatable bonds is 4. The summed E-state index contributed by atoms with van der Waals surface area (Å²) in [6, 6.07) is 6.07. The van der Waals surface area contributed by atoms with E-state index in [4.69, 9.17) is 5.73 Å². The monoisotopic (exact) mass is 331 g/mol. The van der Waals surface area contributed by atoms with E-state index in [0.717, 1.165) is 11.3 Å². The highest BCUT2D eigenvalue weighted by molar-refractivity contribution is 5.74. The molecule has 24 heavy (non-hydrogen) atoms. The van der Waals surface area contributed by atoms with Gasteiger partial charge in [0.1, 0.15) is 5.82 Å². The molecule has 1 aliphatic heterocycles. The second kappa shape index (κ2) is 7.00. The molecule has 0 radical (unpaired) electrons. The number of benzene rings is 1. The van der Waals surface area contributed by atoms with Crippen molar-refractivity contribution >= 4 is 6.03 Å². The minimum absolute atomic E-state index is 0.0639. The molecule has 3 rings (SSSR count). The van der Waals surface area contributed by atoms with Crippen LogP contribution in [0.5, 0.6) is 0 Å². The van der Waals surface area contributed by atoms with Crippen LogP contribution in [0.15, 0.2) is 36.8 Å². The number of aryl methyl sites for hydroxylation is 1. The fourth-order valence-corrected chi connectivity index (χ4v) is 3.01. The van der Waals surface area contributed by atoms with Gasteiger partial charge in [0.25, 0.3) is 0 Å². The molecule has 1 fully saturated rings. The molecule has 0 bridgehead atoms. The van der Waals surface area contributed by atoms with Crippen molar-refractivity contribution in [1.82, 2.24) is 19.8 Å². The molecule has 2 atom stereocenters. The van der Waals surface area contributed by atoms with Crippen LogP contribution in [0, 0.1) is 5.82 Å². The molecule has 0 spiro atoms. The molecule has 1 aromatic carbocycles. The first kappa shape index (κ1) is 16.4. The predicted molar refractivity (Wildman–Crippen MR) is 89.0 cm³/mol. The maximum atomic E-state index is 12.9. The number of halogens is 1. The molecule has 1 aromatic heterocycles. The fourth-order valence-electron chi connectivity index (χ4n) is 3.01. The summed E-state index contributed by atoms with van der Waals surface area (Å²) in [6.07, 6.45) is 4.35. The number of nitrogens with zero attached hydrogens (tertiary/aromatic N) is 3. The van der Waals surface area contributed by atoms with Gasteiger partial charge in [0.2, 0.25) is 0 Å². The molecule has 3 N–H and O–H groups in total. The predicted octanol–water partition coefficient (Wildman–Crippen LogP) is 1.24. The molecule has 0 unspecified atom stereocenters. The number of urea groups is 1. The number of nitrogens with two attached hydrogens (primary N) is 1. The molecule has 6 nitrogen and oxygen atoms in total. The highest BCUT2D eigenvalue weighted by Crippen LogP contribution is 2.25. The summed E-state index contributed by atoms with van der Waals surface area (Å²) < 4.78 is 14.7. The number of imidazole rings is 1. The number of carbonyl (C=O) groups excluding carboxylic acids is 1. The smallest absolute Gasteiger partial charge is 0.317 e. The van der Waals surface area contributed by atoms with Gasteiger partial charge in [0.15, 0.2) is 0 Å². The Hall–Kier alpha value is -2.41. The molecule has 0 aliphatic carbocycles. The molecule has 0 saturated carbocycles. The number of hydrogen-bond acceptors (Lipinski definition) is 3. The molecule has 1 saturated heterocycles. The van der Waals surface area contributed by atoms with Crippen LogP contribution < -0.4 is 11.1 Å². The molecule has 2 heterocycles. The Morgan fingerprint density at radius 2 is 2.12 bits per heavy atom. The van der Waals surface area contributed by atoms with Gasteiger partial charge in [-0.15, -0.1) is 0 Å². The number of carbonyl (C=O) groups is 1. The SMILES string of the molecule is Cn1cnc([C@@H]2CN(C(=O)NCCc3ccc(F)cc3)C[C@H]2N)c1. The highest BCUT2D eigenvalue weighted by Gasteiger charge is 2.35. The summed E-state index contributed by atoms with van der Waals surface area (Å²) in [4.78, 5) is 18.4. The lowest BCUT2D eigenvalue weighted by Gasteiger charge is -2.17. The van der Waals surface area contributed by atoms with Gasteiger partial charge in [-0.25, -0.2) is 14.2 Å². The lowest BCUT2D eigenvalue weighted by Crippen LogP contribution is -2.40. The molecule has 128 valence electrons. The van der Waals surface area contributed by atoms with E-state index in [1.165, 1.54) is 12.1 Å². The van der Waals surface area contributed by atoms with Crippen LogP contribution in [0.25, 0.3) is 0 Å². The molecule has 2 aromatic rings. The number of aromatic nitrogens is 2. The summed E-state index contributed by atoms with van der Waals surface area (Å²) in [5, 5.41) is 2.90. The van der Waals surface area contributed by atoms with Crippen molar-refractivity contribution in [3.63, 3.8) is 0 Å². The molecule has 7 heteroatoms. The van der Waals surface area contributed by atoms with Crippen molar-refractivity contribution in [3.8, 4) is 0 Å². The molecule has 2 amide bonds. The third kappa shape index (κ3) is 3.73. The highest BCUT2D eigenvalue weighted by atomic mass is 19.1. The van der Waals surface area contributed by atoms with Crippen LogP contribution >= 0.6 is 0 Å². The van der Waals surface area contributed by atoms with Gasteiger partial charge >= 0.3 is 6.03 Å². The van der Waals surface area contributed by atoms with Crippen molar-refractivity contribution < 1.29 is 9.18 Å². The van der Waals surface area contributed by atoms with E-state index < -0.39 is 0 Å². The second-order valence-electron chi connectivity index (χ2n) is 6.25. The van der Waals surface area contributed by atoms with E-state index in [1.807, 2.05) is 17.8 Å². The maximum Gasteiger partial charge on any atom is 0.317 e. The van der Waals surface area contributed by atoms with Crippen molar-refractivity contribution in [1.29, 1.82) is 0 Å². The van der Waals surface area contributed by atoms with E-state index in [-0.39, 0.29) is 23.8 Å². The second-order valence-corrected chi connectivity index (χ2v) is 6.25. The standard InChI is InChI=1S/C17H22FN5O/c1-22-10-16(21-11-22)14-8-23(9-15(14)19)17(24)20-7-6-12-2-4-13(18)5-3-12/h2-5,10-11,14-15H,6-9,19H2,1H3,(H,20,24)/t14-,15-/m1/s1. The number of hydrogen-bond donors (Lipinski definition) is 2. The summed E-state index contributed by atoms with van der Waals surface area (Å²) in [5.41, 5.74) is 8.09. The van der Waals surface area contributed by atoms with Gasteiger partial charge < -0.3 is 20.5 Å². The quantitative estimate of drug-likeness (QED) is 0.885. The summed E-state index contributed by atoms with van der Waals surface area (Å²) >= 11 is 0. The first-order valence-corrected chi connectivity index (χ1v) is 8.03. The van der Waals surface area contributed by atoms with E-state index in [9.17, 15) is 9.18 Å². The van der Waals surface area contributed by atoms with E-state index in [2.05, 4.69) is 10.3 Å². The lowest BCUT2D eigenvalue weighted by atomic mass is 10.0. The molecular weight excluding hydrogens is 309 g/mol. The zero-order valence-corrected chi connectivity index (χ0v) is 13.7. The minimum Gasteiger partial charge on any atom is -0.340 e. The Bertz CT molecular complexity index is 699. The van der Waals surface area contributed by atoms with Crippen LogP contribution in [-0.4, -0.2) is 46.2 Å². The first-order valence-electron chi connectivity index (χ1n) is 8.03. The summed E-state index contributed by atoms with van der Waals surface area (Å²) in [6.45, 7) is 1.59. The topological polar surface area (TPSA) is 76.2 Å². The van der Waals surface area contributed by atoms with E-state index >= 15 is 0 Å². The first-order chi connectivity index (χ1) is 11.5. The average molecular weight is 331 g/mol. The van der Waals surface area contributed by atoms with Crippen LogP contribution in [0.2, 0.25) is 0 Å². The average Bonchev–Trinajstić information content (AvgIpc) is 3.15. The Morgan fingerprint density at radius 3 is 2.79 bits per heavy atom. The van der Waals surface area contributed by atoms with Crippen molar-refractivity contribution in [2.24, 2.45) is 12.8 Å². The maximum absolute atomic E-state index is 12.9. The van der Waals surface area contributed by atoms with Gasteiger partial charge in [0.05, 0.1) is 12.0 Å². The third-order valence-corrected chi connectivity index (χ3v) is 4.36. The van der Waals surface area contributed by atoms with Gasteiger partial charge in [-0.3, -0.25) is 0 Å². The minimum atomic E-state index is -0.255. The fraction of sp³-hybridized carbons (Fsp3) is 0.412. The Labute approximate surface area is 140 Å². The van der Waals surface area contributed by atoms with Gasteiger partial charge in [-0.1, -0.05) is 12.1 Å². The van der Waals surface area contributed by atoms with Gasteiger partial charge in [-0.2, -0.15) is 0 Å². The Morgan fingerprint density at radius 1 is 1.38 bits per heavy atom. The number of likely N-dealkylation sites (tertiary alicyclic amines) is 1. The van der Waals surface area contributed by atoms with Crippen molar-refractivity contribution in [2.45, 2.75) is 18.4 Å². The van der Waals surface area contributed by atoms with E-state index in [1.54, 1.807) is 23.4 Å². The van der Waals surface area contributed by atoms with Crippen molar-refractivity contribution in [3.05, 3.63) is 53.9 Å². The Kier molecular flexibility index (Phi) is 4.80. The van der Waals surface area contributed by atoms with Crippen molar-refractivity contribution in [2.75, 3.05) is 19.6 Å². The molecular formula is C17H22FN5O. The van der Waals surface area contributed by atoms with Gasteiger partial charge in [-0.05, 0) is 24.1 Å².